The molecule has 0 aliphatic carbocycles. The van der Waals surface area contributed by atoms with Gasteiger partial charge in [-0.2, -0.15) is 4.98 Å². The number of carbonyl (C=O) groups excluding carboxylic acids is 1. The molecule has 0 bridgehead atoms. The molecule has 0 spiro atoms. The lowest BCUT2D eigenvalue weighted by Crippen LogP contribution is -2.14. The van der Waals surface area contributed by atoms with Gasteiger partial charge in [0.1, 0.15) is 11.6 Å². The van der Waals surface area contributed by atoms with Crippen LogP contribution in [-0.4, -0.2) is 21.1 Å². The largest absolute Gasteiger partial charge is 0.289 e. The second-order valence-corrected chi connectivity index (χ2v) is 4.61. The van der Waals surface area contributed by atoms with Gasteiger partial charge in [0.25, 0.3) is 5.91 Å². The fourth-order valence-corrected chi connectivity index (χ4v) is 1.60. The minimum atomic E-state index is -0.450. The Bertz CT molecular complexity index is 606. The molecular weight excluding hydrogens is 247 g/mol. The molecule has 5 nitrogen and oxygen atoms in total. The Morgan fingerprint density at radius 3 is 2.79 bits per heavy atom. The highest BCUT2D eigenvalue weighted by Gasteiger charge is 2.13. The molecule has 1 heterocycles. The second-order valence-electron chi connectivity index (χ2n) is 4.61. The number of amides is 1. The maximum atomic E-state index is 13.1. The van der Waals surface area contributed by atoms with E-state index in [9.17, 15) is 9.18 Å². The summed E-state index contributed by atoms with van der Waals surface area (Å²) in [7, 11) is 0. The van der Waals surface area contributed by atoms with Gasteiger partial charge in [0.2, 0.25) is 5.95 Å². The standard InChI is InChI=1S/C13H15FN4O/c1-7(2)11-15-13(18-17-11)16-12(19)10-6-9(14)5-4-8(10)3/h4-7H,1-3H3,(H2,15,16,17,18,19). The fraction of sp³-hybridized carbons (Fsp3) is 0.308. The van der Waals surface area contributed by atoms with E-state index in [2.05, 4.69) is 20.5 Å². The lowest BCUT2D eigenvalue weighted by atomic mass is 10.1. The molecule has 2 rings (SSSR count). The number of benzene rings is 1. The molecule has 0 saturated carbocycles. The summed E-state index contributed by atoms with van der Waals surface area (Å²) in [5.41, 5.74) is 0.967. The van der Waals surface area contributed by atoms with Gasteiger partial charge in [-0.3, -0.25) is 15.2 Å². The molecule has 0 aliphatic heterocycles. The lowest BCUT2D eigenvalue weighted by Gasteiger charge is -2.04. The molecule has 0 unspecified atom stereocenters. The Morgan fingerprint density at radius 2 is 2.16 bits per heavy atom. The molecule has 0 saturated heterocycles. The minimum absolute atomic E-state index is 0.189. The third-order valence-corrected chi connectivity index (χ3v) is 2.72. The van der Waals surface area contributed by atoms with Gasteiger partial charge in [-0.1, -0.05) is 19.9 Å². The summed E-state index contributed by atoms with van der Waals surface area (Å²) >= 11 is 0. The number of aromatic amines is 1. The van der Waals surface area contributed by atoms with Crippen LogP contribution >= 0.6 is 0 Å². The number of nitrogens with zero attached hydrogens (tertiary/aromatic N) is 2. The van der Waals surface area contributed by atoms with Gasteiger partial charge >= 0.3 is 0 Å². The van der Waals surface area contributed by atoms with Gasteiger partial charge in [0.15, 0.2) is 0 Å². The van der Waals surface area contributed by atoms with Crippen molar-refractivity contribution in [3.8, 4) is 0 Å². The van der Waals surface area contributed by atoms with E-state index in [4.69, 9.17) is 0 Å². The first kappa shape index (κ1) is 13.2. The smallest absolute Gasteiger partial charge is 0.258 e. The van der Waals surface area contributed by atoms with Crippen molar-refractivity contribution in [2.45, 2.75) is 26.7 Å². The van der Waals surface area contributed by atoms with E-state index in [1.165, 1.54) is 12.1 Å². The molecule has 1 aromatic heterocycles. The van der Waals surface area contributed by atoms with Crippen molar-refractivity contribution in [2.75, 3.05) is 5.32 Å². The number of rotatable bonds is 3. The molecule has 0 aliphatic rings. The monoisotopic (exact) mass is 262 g/mol. The van der Waals surface area contributed by atoms with Crippen LogP contribution in [0.1, 0.15) is 41.5 Å². The summed E-state index contributed by atoms with van der Waals surface area (Å²) in [5, 5.41) is 9.17. The molecule has 0 atom stereocenters. The summed E-state index contributed by atoms with van der Waals surface area (Å²) in [6.45, 7) is 5.66. The van der Waals surface area contributed by atoms with Crippen LogP contribution in [0.15, 0.2) is 18.2 Å². The van der Waals surface area contributed by atoms with E-state index in [-0.39, 0.29) is 17.4 Å². The number of aromatic nitrogens is 3. The van der Waals surface area contributed by atoms with Crippen molar-refractivity contribution < 1.29 is 9.18 Å². The number of hydrogen-bond acceptors (Lipinski definition) is 3. The summed E-state index contributed by atoms with van der Waals surface area (Å²) in [6.07, 6.45) is 0. The fourth-order valence-electron chi connectivity index (χ4n) is 1.60. The molecule has 6 heteroatoms. The van der Waals surface area contributed by atoms with Crippen molar-refractivity contribution in [1.82, 2.24) is 15.2 Å². The van der Waals surface area contributed by atoms with Gasteiger partial charge in [-0.25, -0.2) is 4.39 Å². The highest BCUT2D eigenvalue weighted by atomic mass is 19.1. The average molecular weight is 262 g/mol. The van der Waals surface area contributed by atoms with Crippen molar-refractivity contribution in [3.63, 3.8) is 0 Å². The number of nitrogens with one attached hydrogen (secondary N) is 2. The first-order valence-corrected chi connectivity index (χ1v) is 5.97. The molecule has 0 fully saturated rings. The maximum absolute atomic E-state index is 13.1. The van der Waals surface area contributed by atoms with Gasteiger partial charge in [-0.05, 0) is 24.6 Å². The molecule has 19 heavy (non-hydrogen) atoms. The maximum Gasteiger partial charge on any atom is 0.258 e. The Hall–Kier alpha value is -2.24. The topological polar surface area (TPSA) is 70.7 Å². The molecular formula is C13H15FN4O. The molecule has 1 amide bonds. The zero-order valence-corrected chi connectivity index (χ0v) is 11.0. The van der Waals surface area contributed by atoms with Crippen molar-refractivity contribution in [2.24, 2.45) is 0 Å². The predicted molar refractivity (Wildman–Crippen MR) is 69.6 cm³/mol. The molecule has 0 radical (unpaired) electrons. The van der Waals surface area contributed by atoms with Crippen LogP contribution < -0.4 is 5.32 Å². The first-order chi connectivity index (χ1) is 8.97. The first-order valence-electron chi connectivity index (χ1n) is 5.97. The summed E-state index contributed by atoms with van der Waals surface area (Å²) in [5.74, 6) is 0.192. The Morgan fingerprint density at radius 1 is 1.42 bits per heavy atom. The van der Waals surface area contributed by atoms with E-state index in [0.717, 1.165) is 0 Å². The number of aryl methyl sites for hydroxylation is 1. The van der Waals surface area contributed by atoms with Crippen LogP contribution in [0.5, 0.6) is 0 Å². The van der Waals surface area contributed by atoms with Crippen LogP contribution in [0.2, 0.25) is 0 Å². The van der Waals surface area contributed by atoms with Gasteiger partial charge < -0.3 is 0 Å². The number of H-pyrrole nitrogens is 1. The van der Waals surface area contributed by atoms with Crippen LogP contribution in [0, 0.1) is 12.7 Å². The van der Waals surface area contributed by atoms with Crippen LogP contribution in [0.3, 0.4) is 0 Å². The highest BCUT2D eigenvalue weighted by Crippen LogP contribution is 2.13. The summed E-state index contributed by atoms with van der Waals surface area (Å²) < 4.78 is 13.1. The van der Waals surface area contributed by atoms with Crippen LogP contribution in [0.4, 0.5) is 10.3 Å². The van der Waals surface area contributed by atoms with Crippen LogP contribution in [-0.2, 0) is 0 Å². The van der Waals surface area contributed by atoms with E-state index >= 15 is 0 Å². The van der Waals surface area contributed by atoms with Crippen molar-refractivity contribution in [1.29, 1.82) is 0 Å². The van der Waals surface area contributed by atoms with E-state index < -0.39 is 11.7 Å². The summed E-state index contributed by atoms with van der Waals surface area (Å²) in [6, 6.07) is 4.07. The molecule has 1 aromatic carbocycles. The Balaban J connectivity index is 2.18. The van der Waals surface area contributed by atoms with Gasteiger partial charge in [-0.15, -0.1) is 5.10 Å². The normalized spacial score (nSPS) is 10.8. The quantitative estimate of drug-likeness (QED) is 0.893. The SMILES string of the molecule is Cc1ccc(F)cc1C(=O)Nc1n[nH]c(C(C)C)n1. The lowest BCUT2D eigenvalue weighted by molar-refractivity contribution is 0.102. The molecule has 2 aromatic rings. The van der Waals surface area contributed by atoms with Crippen LogP contribution in [0.25, 0.3) is 0 Å². The van der Waals surface area contributed by atoms with Crippen molar-refractivity contribution >= 4 is 11.9 Å². The minimum Gasteiger partial charge on any atom is -0.289 e. The number of anilines is 1. The van der Waals surface area contributed by atoms with Gasteiger partial charge in [0.05, 0.1) is 0 Å². The third kappa shape index (κ3) is 2.96. The molecule has 2 N–H and O–H groups in total. The number of hydrogen-bond donors (Lipinski definition) is 2. The Kier molecular flexibility index (Phi) is 3.59. The number of halogens is 1. The van der Waals surface area contributed by atoms with Gasteiger partial charge in [0, 0.05) is 11.5 Å². The zero-order chi connectivity index (χ0) is 14.0. The highest BCUT2D eigenvalue weighted by molar-refractivity contribution is 6.04. The predicted octanol–water partition coefficient (Wildman–Crippen LogP) is 2.63. The summed E-state index contributed by atoms with van der Waals surface area (Å²) in [4.78, 5) is 16.1. The molecule has 100 valence electrons. The van der Waals surface area contributed by atoms with Crippen molar-refractivity contribution in [3.05, 3.63) is 41.0 Å². The Labute approximate surface area is 110 Å². The zero-order valence-electron chi connectivity index (χ0n) is 11.0. The third-order valence-electron chi connectivity index (χ3n) is 2.72. The number of carbonyl (C=O) groups is 1. The second kappa shape index (κ2) is 5.17. The average Bonchev–Trinajstić information content (AvgIpc) is 2.80. The van der Waals surface area contributed by atoms with E-state index in [0.29, 0.717) is 11.4 Å². The van der Waals surface area contributed by atoms with E-state index in [1.54, 1.807) is 13.0 Å². The van der Waals surface area contributed by atoms with E-state index in [1.807, 2.05) is 13.8 Å².